The van der Waals surface area contributed by atoms with Gasteiger partial charge in [0.05, 0.1) is 0 Å². The second-order valence-corrected chi connectivity index (χ2v) is 5.44. The van der Waals surface area contributed by atoms with Gasteiger partial charge in [-0.05, 0) is 36.1 Å². The molecule has 1 unspecified atom stereocenters. The van der Waals surface area contributed by atoms with Gasteiger partial charge in [0.25, 0.3) is 0 Å². The number of nitrogens with two attached hydrogens (primary N) is 1. The van der Waals surface area contributed by atoms with Crippen LogP contribution in [0.25, 0.3) is 11.5 Å². The average Bonchev–Trinajstić information content (AvgIpc) is 3.05. The van der Waals surface area contributed by atoms with Crippen LogP contribution in [-0.2, 0) is 0 Å². The molecule has 0 saturated heterocycles. The fraction of sp³-hybridized carbons (Fsp3) is 0.125. The quantitative estimate of drug-likeness (QED) is 0.747. The highest BCUT2D eigenvalue weighted by atomic mass is 32.2. The van der Waals surface area contributed by atoms with Gasteiger partial charge in [-0.3, -0.25) is 0 Å². The molecule has 0 spiro atoms. The summed E-state index contributed by atoms with van der Waals surface area (Å²) in [5.41, 5.74) is 8.00. The Kier molecular flexibility index (Phi) is 4.03. The Balaban J connectivity index is 1.85. The monoisotopic (exact) mass is 297 g/mol. The van der Waals surface area contributed by atoms with E-state index >= 15 is 0 Å². The van der Waals surface area contributed by atoms with E-state index in [9.17, 15) is 0 Å². The fourth-order valence-electron chi connectivity index (χ4n) is 2.01. The van der Waals surface area contributed by atoms with E-state index in [0.717, 1.165) is 11.1 Å². The molecule has 3 rings (SSSR count). The summed E-state index contributed by atoms with van der Waals surface area (Å²) in [5.74, 6) is 0.911. The summed E-state index contributed by atoms with van der Waals surface area (Å²) in [6, 6.07) is 17.3. The maximum Gasteiger partial charge on any atom is 0.247 e. The van der Waals surface area contributed by atoms with Crippen molar-refractivity contribution in [2.45, 2.75) is 10.9 Å². The van der Waals surface area contributed by atoms with Crippen molar-refractivity contribution in [1.29, 1.82) is 0 Å². The summed E-state index contributed by atoms with van der Waals surface area (Å²) < 4.78 is 5.71. The molecule has 3 aromatic rings. The lowest BCUT2D eigenvalue weighted by atomic mass is 10.1. The van der Waals surface area contributed by atoms with Crippen LogP contribution in [0.3, 0.4) is 0 Å². The number of benzene rings is 2. The number of thioether (sulfide) groups is 1. The minimum Gasteiger partial charge on any atom is -0.419 e. The van der Waals surface area contributed by atoms with Gasteiger partial charge in [0, 0.05) is 10.5 Å². The first kappa shape index (κ1) is 13.9. The third-order valence-electron chi connectivity index (χ3n) is 3.20. The van der Waals surface area contributed by atoms with Crippen molar-refractivity contribution < 1.29 is 4.42 Å². The zero-order valence-electron chi connectivity index (χ0n) is 11.6. The highest BCUT2D eigenvalue weighted by Crippen LogP contribution is 2.25. The third-order valence-corrected chi connectivity index (χ3v) is 3.95. The van der Waals surface area contributed by atoms with E-state index in [1.54, 1.807) is 11.8 Å². The van der Waals surface area contributed by atoms with Crippen LogP contribution >= 0.6 is 11.8 Å². The van der Waals surface area contributed by atoms with Crippen LogP contribution in [0.5, 0.6) is 0 Å². The summed E-state index contributed by atoms with van der Waals surface area (Å²) in [6.45, 7) is 0. The number of aromatic nitrogens is 2. The predicted molar refractivity (Wildman–Crippen MR) is 84.0 cm³/mol. The van der Waals surface area contributed by atoms with Gasteiger partial charge in [-0.1, -0.05) is 30.3 Å². The van der Waals surface area contributed by atoms with E-state index in [-0.39, 0.29) is 0 Å². The van der Waals surface area contributed by atoms with E-state index < -0.39 is 6.04 Å². The minimum absolute atomic E-state index is 0.405. The first-order chi connectivity index (χ1) is 10.3. The van der Waals surface area contributed by atoms with Crippen LogP contribution in [0, 0.1) is 0 Å². The van der Waals surface area contributed by atoms with Crippen molar-refractivity contribution in [1.82, 2.24) is 10.2 Å². The average molecular weight is 297 g/mol. The molecule has 0 bridgehead atoms. The van der Waals surface area contributed by atoms with E-state index in [4.69, 9.17) is 10.2 Å². The highest BCUT2D eigenvalue weighted by Gasteiger charge is 2.16. The molecule has 0 amide bonds. The molecule has 1 heterocycles. The van der Waals surface area contributed by atoms with Gasteiger partial charge in [-0.25, -0.2) is 0 Å². The lowest BCUT2D eigenvalue weighted by molar-refractivity contribution is 0.484. The Bertz CT molecular complexity index is 710. The zero-order valence-corrected chi connectivity index (χ0v) is 12.4. The van der Waals surface area contributed by atoms with Crippen molar-refractivity contribution in [2.24, 2.45) is 5.73 Å². The van der Waals surface area contributed by atoms with Crippen molar-refractivity contribution in [3.63, 3.8) is 0 Å². The van der Waals surface area contributed by atoms with Crippen LogP contribution in [0.4, 0.5) is 0 Å². The number of hydrogen-bond acceptors (Lipinski definition) is 5. The molecule has 1 aromatic heterocycles. The second-order valence-electron chi connectivity index (χ2n) is 4.56. The van der Waals surface area contributed by atoms with Crippen molar-refractivity contribution >= 4 is 11.8 Å². The molecular formula is C16H15N3OS. The summed E-state index contributed by atoms with van der Waals surface area (Å²) in [4.78, 5) is 1.19. The second kappa shape index (κ2) is 6.11. The van der Waals surface area contributed by atoms with Crippen LogP contribution in [0.2, 0.25) is 0 Å². The third kappa shape index (κ3) is 2.99. The predicted octanol–water partition coefficient (Wildman–Crippen LogP) is 3.51. The van der Waals surface area contributed by atoms with Gasteiger partial charge in [0.15, 0.2) is 0 Å². The first-order valence-corrected chi connectivity index (χ1v) is 7.79. The molecule has 0 aliphatic heterocycles. The largest absolute Gasteiger partial charge is 0.419 e. The summed E-state index contributed by atoms with van der Waals surface area (Å²) in [6.07, 6.45) is 2.04. The van der Waals surface area contributed by atoms with Crippen LogP contribution < -0.4 is 5.73 Å². The molecule has 4 nitrogen and oxygen atoms in total. The summed E-state index contributed by atoms with van der Waals surface area (Å²) >= 11 is 1.69. The number of nitrogens with zero attached hydrogens (tertiary/aromatic N) is 2. The molecule has 21 heavy (non-hydrogen) atoms. The Morgan fingerprint density at radius 1 is 1.00 bits per heavy atom. The van der Waals surface area contributed by atoms with Gasteiger partial charge < -0.3 is 10.2 Å². The molecule has 0 fully saturated rings. The molecule has 1 atom stereocenters. The Morgan fingerprint density at radius 2 is 1.71 bits per heavy atom. The van der Waals surface area contributed by atoms with Gasteiger partial charge in [-0.2, -0.15) is 0 Å². The zero-order chi connectivity index (χ0) is 14.7. The molecule has 2 aromatic carbocycles. The molecule has 2 N–H and O–H groups in total. The summed E-state index contributed by atoms with van der Waals surface area (Å²) in [7, 11) is 0. The van der Waals surface area contributed by atoms with Crippen LogP contribution in [0.1, 0.15) is 17.5 Å². The standard InChI is InChI=1S/C16H15N3OS/c1-21-13-9-7-12(8-10-13)15-18-19-16(20-15)14(17)11-5-3-2-4-6-11/h2-10,14H,17H2,1H3. The molecular weight excluding hydrogens is 282 g/mol. The lowest BCUT2D eigenvalue weighted by Crippen LogP contribution is -2.11. The van der Waals surface area contributed by atoms with E-state index in [1.807, 2.05) is 60.9 Å². The molecule has 5 heteroatoms. The van der Waals surface area contributed by atoms with Crippen LogP contribution in [-0.4, -0.2) is 16.5 Å². The maximum absolute atomic E-state index is 6.15. The van der Waals surface area contributed by atoms with E-state index in [1.165, 1.54) is 4.90 Å². The molecule has 0 saturated carbocycles. The SMILES string of the molecule is CSc1ccc(-c2nnc(C(N)c3ccccc3)o2)cc1. The van der Waals surface area contributed by atoms with E-state index in [2.05, 4.69) is 10.2 Å². The van der Waals surface area contributed by atoms with Gasteiger partial charge in [-0.15, -0.1) is 22.0 Å². The number of hydrogen-bond donors (Lipinski definition) is 1. The van der Waals surface area contributed by atoms with Crippen LogP contribution in [0.15, 0.2) is 63.9 Å². The minimum atomic E-state index is -0.405. The van der Waals surface area contributed by atoms with Crippen molar-refractivity contribution in [3.05, 3.63) is 66.1 Å². The molecule has 0 aliphatic carbocycles. The van der Waals surface area contributed by atoms with Gasteiger partial charge in [0.2, 0.25) is 11.8 Å². The normalized spacial score (nSPS) is 12.3. The molecule has 0 aliphatic rings. The Morgan fingerprint density at radius 3 is 2.38 bits per heavy atom. The molecule has 0 radical (unpaired) electrons. The molecule has 106 valence electrons. The summed E-state index contributed by atoms with van der Waals surface area (Å²) in [5, 5.41) is 8.15. The highest BCUT2D eigenvalue weighted by molar-refractivity contribution is 7.98. The van der Waals surface area contributed by atoms with Gasteiger partial charge >= 0.3 is 0 Å². The lowest BCUT2D eigenvalue weighted by Gasteiger charge is -2.06. The van der Waals surface area contributed by atoms with Crippen molar-refractivity contribution in [2.75, 3.05) is 6.26 Å². The first-order valence-electron chi connectivity index (χ1n) is 6.56. The maximum atomic E-state index is 6.15. The van der Waals surface area contributed by atoms with Crippen molar-refractivity contribution in [3.8, 4) is 11.5 Å². The number of rotatable bonds is 4. The van der Waals surface area contributed by atoms with E-state index in [0.29, 0.717) is 11.8 Å². The van der Waals surface area contributed by atoms with Gasteiger partial charge in [0.1, 0.15) is 6.04 Å². The smallest absolute Gasteiger partial charge is 0.247 e. The fourth-order valence-corrected chi connectivity index (χ4v) is 2.42. The Hall–Kier alpha value is -2.11. The topological polar surface area (TPSA) is 64.9 Å². The Labute approximate surface area is 127 Å².